The van der Waals surface area contributed by atoms with E-state index < -0.39 is 5.97 Å². The smallest absolute Gasteiger partial charge is 0.300 e. The molecule has 0 saturated carbocycles. The maximum atomic E-state index is 9.00. The van der Waals surface area contributed by atoms with Crippen LogP contribution in [0.1, 0.15) is 27.2 Å². The SMILES string of the molecule is CC(=O)O.CCOCC.OCCCO. The van der Waals surface area contributed by atoms with Gasteiger partial charge in [0.1, 0.15) is 0 Å². The average Bonchev–Trinajstić information content (AvgIpc) is 2.07. The van der Waals surface area contributed by atoms with E-state index >= 15 is 0 Å². The number of aliphatic hydroxyl groups excluding tert-OH is 2. The van der Waals surface area contributed by atoms with Crippen LogP contribution < -0.4 is 0 Å². The first kappa shape index (κ1) is 19.0. The molecule has 0 fully saturated rings. The van der Waals surface area contributed by atoms with Crippen LogP contribution in [0.15, 0.2) is 0 Å². The first-order valence-electron chi connectivity index (χ1n) is 4.55. The molecule has 0 amide bonds. The lowest BCUT2D eigenvalue weighted by Gasteiger charge is -1.86. The molecule has 5 heteroatoms. The van der Waals surface area contributed by atoms with Gasteiger partial charge in [0.05, 0.1) is 0 Å². The second-order valence-electron chi connectivity index (χ2n) is 2.10. The van der Waals surface area contributed by atoms with Crippen LogP contribution in [0.3, 0.4) is 0 Å². The molecule has 0 aromatic heterocycles. The van der Waals surface area contributed by atoms with E-state index in [-0.39, 0.29) is 13.2 Å². The number of hydrogen-bond acceptors (Lipinski definition) is 4. The predicted molar refractivity (Wildman–Crippen MR) is 54.3 cm³/mol. The normalized spacial score (nSPS) is 7.79. The maximum absolute atomic E-state index is 9.00. The third-order valence-electron chi connectivity index (χ3n) is 0.724. The number of rotatable bonds is 4. The topological polar surface area (TPSA) is 87.0 Å². The summed E-state index contributed by atoms with van der Waals surface area (Å²) < 4.78 is 4.83. The molecule has 5 nitrogen and oxygen atoms in total. The van der Waals surface area contributed by atoms with E-state index in [1.54, 1.807) is 0 Å². The highest BCUT2D eigenvalue weighted by Gasteiger charge is 1.70. The molecule has 0 aliphatic carbocycles. The summed E-state index contributed by atoms with van der Waals surface area (Å²) >= 11 is 0. The number of aliphatic carboxylic acids is 1. The van der Waals surface area contributed by atoms with Crippen LogP contribution in [0.2, 0.25) is 0 Å². The summed E-state index contributed by atoms with van der Waals surface area (Å²) in [4.78, 5) is 9.00. The minimum atomic E-state index is -0.833. The van der Waals surface area contributed by atoms with Gasteiger partial charge in [-0.25, -0.2) is 0 Å². The zero-order valence-electron chi connectivity index (χ0n) is 9.19. The van der Waals surface area contributed by atoms with Crippen molar-refractivity contribution < 1.29 is 24.9 Å². The lowest BCUT2D eigenvalue weighted by Crippen LogP contribution is -1.85. The van der Waals surface area contributed by atoms with Gasteiger partial charge >= 0.3 is 0 Å². The molecule has 0 aromatic carbocycles. The molecule has 0 atom stereocenters. The van der Waals surface area contributed by atoms with Crippen molar-refractivity contribution in [3.05, 3.63) is 0 Å². The highest BCUT2D eigenvalue weighted by molar-refractivity contribution is 5.62. The van der Waals surface area contributed by atoms with E-state index in [0.29, 0.717) is 6.42 Å². The molecule has 0 heterocycles. The van der Waals surface area contributed by atoms with Crippen LogP contribution in [0.25, 0.3) is 0 Å². The molecule has 0 spiro atoms. The van der Waals surface area contributed by atoms with Crippen LogP contribution in [0, 0.1) is 0 Å². The van der Waals surface area contributed by atoms with E-state index in [1.807, 2.05) is 13.8 Å². The van der Waals surface area contributed by atoms with Gasteiger partial charge in [-0.3, -0.25) is 4.79 Å². The Kier molecular flexibility index (Phi) is 31.0. The maximum Gasteiger partial charge on any atom is 0.300 e. The van der Waals surface area contributed by atoms with Crippen molar-refractivity contribution in [2.75, 3.05) is 26.4 Å². The molecular formula is C9H22O5. The van der Waals surface area contributed by atoms with Gasteiger partial charge in [0.15, 0.2) is 0 Å². The van der Waals surface area contributed by atoms with Crippen molar-refractivity contribution >= 4 is 5.97 Å². The van der Waals surface area contributed by atoms with Gasteiger partial charge in [-0.05, 0) is 20.3 Å². The fourth-order valence-corrected chi connectivity index (χ4v) is 0.275. The Balaban J connectivity index is -0.000000131. The number of aliphatic hydroxyl groups is 2. The Morgan fingerprint density at radius 2 is 1.43 bits per heavy atom. The van der Waals surface area contributed by atoms with E-state index in [9.17, 15) is 0 Å². The van der Waals surface area contributed by atoms with Crippen LogP contribution in [0.5, 0.6) is 0 Å². The standard InChI is InChI=1S/C4H10O.C3H8O2.C2H4O2/c1-3-5-4-2;4-2-1-3-5;1-2(3)4/h3-4H2,1-2H3;4-5H,1-3H2;1H3,(H,3,4). The second kappa shape index (κ2) is 22.8. The first-order valence-corrected chi connectivity index (χ1v) is 4.55. The highest BCUT2D eigenvalue weighted by atomic mass is 16.5. The number of carboxylic acid groups (broad SMARTS) is 1. The van der Waals surface area contributed by atoms with Crippen LogP contribution >= 0.6 is 0 Å². The predicted octanol–water partition coefficient (Wildman–Crippen LogP) is 0.495. The van der Waals surface area contributed by atoms with Crippen molar-refractivity contribution in [2.24, 2.45) is 0 Å². The Hall–Kier alpha value is -0.650. The summed E-state index contributed by atoms with van der Waals surface area (Å²) in [6.45, 7) is 6.94. The van der Waals surface area contributed by atoms with E-state index in [4.69, 9.17) is 24.9 Å². The summed E-state index contributed by atoms with van der Waals surface area (Å²) in [6, 6.07) is 0. The summed E-state index contributed by atoms with van der Waals surface area (Å²) in [5.41, 5.74) is 0. The third-order valence-corrected chi connectivity index (χ3v) is 0.724. The average molecular weight is 210 g/mol. The molecular weight excluding hydrogens is 188 g/mol. The number of carboxylic acids is 1. The lowest BCUT2D eigenvalue weighted by atomic mass is 10.5. The molecule has 0 aliphatic heterocycles. The Morgan fingerprint density at radius 3 is 1.43 bits per heavy atom. The minimum absolute atomic E-state index is 0.0938. The van der Waals surface area contributed by atoms with Gasteiger partial charge in [-0.15, -0.1) is 0 Å². The van der Waals surface area contributed by atoms with Gasteiger partial charge in [0.2, 0.25) is 0 Å². The quantitative estimate of drug-likeness (QED) is 0.628. The molecule has 0 bridgehead atoms. The summed E-state index contributed by atoms with van der Waals surface area (Å²) in [6.07, 6.45) is 0.500. The van der Waals surface area contributed by atoms with Crippen molar-refractivity contribution in [3.63, 3.8) is 0 Å². The van der Waals surface area contributed by atoms with E-state index in [0.717, 1.165) is 20.1 Å². The summed E-state index contributed by atoms with van der Waals surface area (Å²) in [5.74, 6) is -0.833. The molecule has 0 saturated heterocycles. The van der Waals surface area contributed by atoms with Crippen molar-refractivity contribution in [1.29, 1.82) is 0 Å². The molecule has 0 aromatic rings. The van der Waals surface area contributed by atoms with Crippen LogP contribution in [0.4, 0.5) is 0 Å². The molecule has 0 unspecified atom stereocenters. The molecule has 3 N–H and O–H groups in total. The lowest BCUT2D eigenvalue weighted by molar-refractivity contribution is -0.134. The highest BCUT2D eigenvalue weighted by Crippen LogP contribution is 1.65. The van der Waals surface area contributed by atoms with Crippen LogP contribution in [-0.2, 0) is 9.53 Å². The van der Waals surface area contributed by atoms with Crippen molar-refractivity contribution in [2.45, 2.75) is 27.2 Å². The third kappa shape index (κ3) is 108. The monoisotopic (exact) mass is 210 g/mol. The first-order chi connectivity index (χ1) is 6.56. The van der Waals surface area contributed by atoms with Crippen LogP contribution in [-0.4, -0.2) is 47.7 Å². The Bertz CT molecular complexity index is 81.2. The molecule has 14 heavy (non-hydrogen) atoms. The molecule has 0 rings (SSSR count). The van der Waals surface area contributed by atoms with Gasteiger partial charge in [-0.2, -0.15) is 0 Å². The van der Waals surface area contributed by atoms with Gasteiger partial charge < -0.3 is 20.1 Å². The molecule has 0 radical (unpaired) electrons. The number of carbonyl (C=O) groups is 1. The zero-order chi connectivity index (χ0) is 11.8. The number of hydrogen-bond donors (Lipinski definition) is 3. The zero-order valence-corrected chi connectivity index (χ0v) is 9.19. The van der Waals surface area contributed by atoms with E-state index in [1.165, 1.54) is 0 Å². The van der Waals surface area contributed by atoms with Crippen molar-refractivity contribution in [1.82, 2.24) is 0 Å². The minimum Gasteiger partial charge on any atom is -0.481 e. The summed E-state index contributed by atoms with van der Waals surface area (Å²) in [5, 5.41) is 23.2. The fourth-order valence-electron chi connectivity index (χ4n) is 0.275. The Morgan fingerprint density at radius 1 is 1.14 bits per heavy atom. The molecule has 88 valence electrons. The van der Waals surface area contributed by atoms with Gasteiger partial charge in [-0.1, -0.05) is 0 Å². The van der Waals surface area contributed by atoms with Gasteiger partial charge in [0.25, 0.3) is 5.97 Å². The molecule has 0 aliphatic rings. The van der Waals surface area contributed by atoms with Crippen molar-refractivity contribution in [3.8, 4) is 0 Å². The second-order valence-corrected chi connectivity index (χ2v) is 2.10. The van der Waals surface area contributed by atoms with E-state index in [2.05, 4.69) is 0 Å². The van der Waals surface area contributed by atoms with Gasteiger partial charge in [0, 0.05) is 33.4 Å². The fraction of sp³-hybridized carbons (Fsp3) is 0.889. The largest absolute Gasteiger partial charge is 0.481 e. The Labute approximate surface area is 85.3 Å². The number of ether oxygens (including phenoxy) is 1. The summed E-state index contributed by atoms with van der Waals surface area (Å²) in [7, 11) is 0.